The molecule has 0 aromatic heterocycles. The first kappa shape index (κ1) is 22.1. The predicted octanol–water partition coefficient (Wildman–Crippen LogP) is 2.19. The van der Waals surface area contributed by atoms with Crippen molar-refractivity contribution in [3.05, 3.63) is 54.3 Å². The summed E-state index contributed by atoms with van der Waals surface area (Å²) in [6.45, 7) is 4.13. The maximum absolute atomic E-state index is 12.9. The zero-order valence-electron chi connectivity index (χ0n) is 17.3. The summed E-state index contributed by atoms with van der Waals surface area (Å²) in [6, 6.07) is 12.3. The summed E-state index contributed by atoms with van der Waals surface area (Å²) in [5.74, 6) is -1.22. The number of hydrogen-bond donors (Lipinski definition) is 2. The van der Waals surface area contributed by atoms with Gasteiger partial charge in [0.15, 0.2) is 6.10 Å². The minimum Gasteiger partial charge on any atom is -0.494 e. The topological polar surface area (TPSA) is 97.0 Å². The molecule has 0 bridgehead atoms. The molecule has 1 saturated heterocycles. The van der Waals surface area contributed by atoms with Crippen molar-refractivity contribution in [1.29, 1.82) is 0 Å². The number of ether oxygens (including phenoxy) is 2. The van der Waals surface area contributed by atoms with Crippen molar-refractivity contribution in [2.24, 2.45) is 5.92 Å². The summed E-state index contributed by atoms with van der Waals surface area (Å²) in [5, 5.41) is 0. The monoisotopic (exact) mass is 429 g/mol. The molecule has 9 heteroatoms. The van der Waals surface area contributed by atoms with Crippen LogP contribution in [0.15, 0.2) is 48.5 Å². The van der Waals surface area contributed by atoms with Crippen molar-refractivity contribution in [2.75, 3.05) is 18.1 Å². The van der Waals surface area contributed by atoms with Crippen LogP contribution >= 0.6 is 0 Å². The van der Waals surface area contributed by atoms with Gasteiger partial charge < -0.3 is 14.4 Å². The summed E-state index contributed by atoms with van der Waals surface area (Å²) in [5.41, 5.74) is 5.31. The quantitative estimate of drug-likeness (QED) is 0.658. The molecule has 3 rings (SSSR count). The predicted molar refractivity (Wildman–Crippen MR) is 111 cm³/mol. The van der Waals surface area contributed by atoms with E-state index in [4.69, 9.17) is 9.47 Å². The van der Waals surface area contributed by atoms with E-state index in [0.29, 0.717) is 23.8 Å². The van der Waals surface area contributed by atoms with Crippen LogP contribution in [0.1, 0.15) is 20.3 Å². The highest BCUT2D eigenvalue weighted by atomic mass is 19.1. The summed E-state index contributed by atoms with van der Waals surface area (Å²) in [6.07, 6.45) is -0.882. The van der Waals surface area contributed by atoms with Crippen molar-refractivity contribution < 1.29 is 28.2 Å². The van der Waals surface area contributed by atoms with E-state index in [1.807, 2.05) is 6.92 Å². The molecule has 0 saturated carbocycles. The number of rotatable bonds is 7. The lowest BCUT2D eigenvalue weighted by Crippen LogP contribution is -2.49. The Kier molecular flexibility index (Phi) is 7.07. The first-order valence-electron chi connectivity index (χ1n) is 9.92. The van der Waals surface area contributed by atoms with E-state index in [1.54, 1.807) is 24.3 Å². The fourth-order valence-electron chi connectivity index (χ4n) is 3.12. The van der Waals surface area contributed by atoms with Gasteiger partial charge in [0.2, 0.25) is 11.8 Å². The van der Waals surface area contributed by atoms with E-state index in [1.165, 1.54) is 36.1 Å². The van der Waals surface area contributed by atoms with E-state index in [2.05, 4.69) is 10.9 Å². The third-order valence-electron chi connectivity index (χ3n) is 4.76. The van der Waals surface area contributed by atoms with Gasteiger partial charge in [-0.2, -0.15) is 0 Å². The second kappa shape index (κ2) is 9.92. The van der Waals surface area contributed by atoms with Gasteiger partial charge in [0.05, 0.1) is 12.5 Å². The van der Waals surface area contributed by atoms with Gasteiger partial charge in [0.25, 0.3) is 5.91 Å². The number of carbonyl (C=O) groups is 3. The smallest absolute Gasteiger partial charge is 0.279 e. The number of carbonyl (C=O) groups excluding carboxylic acids is 3. The van der Waals surface area contributed by atoms with Crippen molar-refractivity contribution in [2.45, 2.75) is 26.4 Å². The second-order valence-corrected chi connectivity index (χ2v) is 7.02. The molecule has 2 aromatic carbocycles. The fraction of sp³-hybridized carbons (Fsp3) is 0.318. The minimum absolute atomic E-state index is 0.0382. The SMILES string of the molecule is CCOc1ccc(N2C[C@@H](C(=O)NNC(=O)[C@@H](C)Oc3ccc(F)cc3)CC2=O)cc1. The maximum Gasteiger partial charge on any atom is 0.279 e. The third-order valence-corrected chi connectivity index (χ3v) is 4.76. The van der Waals surface area contributed by atoms with Crippen LogP contribution in [0.25, 0.3) is 0 Å². The van der Waals surface area contributed by atoms with Gasteiger partial charge in [-0.05, 0) is 62.4 Å². The van der Waals surface area contributed by atoms with Crippen molar-refractivity contribution in [1.82, 2.24) is 10.9 Å². The molecule has 0 spiro atoms. The average molecular weight is 429 g/mol. The van der Waals surface area contributed by atoms with Crippen molar-refractivity contribution in [3.63, 3.8) is 0 Å². The highest BCUT2D eigenvalue weighted by molar-refractivity contribution is 6.00. The van der Waals surface area contributed by atoms with Gasteiger partial charge >= 0.3 is 0 Å². The van der Waals surface area contributed by atoms with Crippen LogP contribution < -0.4 is 25.2 Å². The Labute approximate surface area is 179 Å². The molecular formula is C22H24FN3O5. The zero-order chi connectivity index (χ0) is 22.4. The zero-order valence-corrected chi connectivity index (χ0v) is 17.3. The lowest BCUT2D eigenvalue weighted by atomic mass is 10.1. The molecule has 2 aromatic rings. The maximum atomic E-state index is 12.9. The molecular weight excluding hydrogens is 405 g/mol. The molecule has 0 aliphatic carbocycles. The van der Waals surface area contributed by atoms with Crippen LogP contribution in [-0.4, -0.2) is 37.0 Å². The highest BCUT2D eigenvalue weighted by Gasteiger charge is 2.35. The minimum atomic E-state index is -0.920. The summed E-state index contributed by atoms with van der Waals surface area (Å²) in [7, 11) is 0. The molecule has 1 aliphatic rings. The van der Waals surface area contributed by atoms with Gasteiger partial charge in [0.1, 0.15) is 17.3 Å². The Bertz CT molecular complexity index is 933. The van der Waals surface area contributed by atoms with Crippen LogP contribution in [0.3, 0.4) is 0 Å². The number of hydrogen-bond acceptors (Lipinski definition) is 5. The molecule has 31 heavy (non-hydrogen) atoms. The Morgan fingerprint density at radius 1 is 1.10 bits per heavy atom. The van der Waals surface area contributed by atoms with E-state index >= 15 is 0 Å². The Morgan fingerprint density at radius 3 is 2.39 bits per heavy atom. The first-order chi connectivity index (χ1) is 14.9. The molecule has 3 amide bonds. The Morgan fingerprint density at radius 2 is 1.74 bits per heavy atom. The fourth-order valence-corrected chi connectivity index (χ4v) is 3.12. The van der Waals surface area contributed by atoms with Crippen LogP contribution in [0.2, 0.25) is 0 Å². The molecule has 0 radical (unpaired) electrons. The number of benzene rings is 2. The van der Waals surface area contributed by atoms with Crippen molar-refractivity contribution >= 4 is 23.4 Å². The van der Waals surface area contributed by atoms with E-state index < -0.39 is 29.7 Å². The summed E-state index contributed by atoms with van der Waals surface area (Å²) >= 11 is 0. The Hall–Kier alpha value is -3.62. The number of nitrogens with one attached hydrogen (secondary N) is 2. The number of hydrazine groups is 1. The first-order valence-corrected chi connectivity index (χ1v) is 9.92. The molecule has 1 fully saturated rings. The third kappa shape index (κ3) is 5.71. The standard InChI is InChI=1S/C22H24FN3O5/c1-3-30-18-10-6-17(7-11-18)26-13-15(12-20(26)27)22(29)25-24-21(28)14(2)31-19-8-4-16(23)5-9-19/h4-11,14-15H,3,12-13H2,1-2H3,(H,24,28)(H,25,29)/t14-,15+/m1/s1. The molecule has 1 aliphatic heterocycles. The second-order valence-electron chi connectivity index (χ2n) is 7.02. The molecule has 0 unspecified atom stereocenters. The molecule has 2 N–H and O–H groups in total. The number of halogens is 1. The van der Waals surface area contributed by atoms with Gasteiger partial charge in [-0.3, -0.25) is 25.2 Å². The number of amides is 3. The molecule has 8 nitrogen and oxygen atoms in total. The van der Waals surface area contributed by atoms with Crippen LogP contribution in [0, 0.1) is 11.7 Å². The van der Waals surface area contributed by atoms with Crippen LogP contribution in [0.4, 0.5) is 10.1 Å². The van der Waals surface area contributed by atoms with Crippen molar-refractivity contribution in [3.8, 4) is 11.5 Å². The summed E-state index contributed by atoms with van der Waals surface area (Å²) in [4.78, 5) is 38.5. The Balaban J connectivity index is 1.49. The van der Waals surface area contributed by atoms with E-state index in [0.717, 1.165) is 0 Å². The lowest BCUT2D eigenvalue weighted by Gasteiger charge is -2.18. The van der Waals surface area contributed by atoms with E-state index in [9.17, 15) is 18.8 Å². The van der Waals surface area contributed by atoms with Gasteiger partial charge in [-0.25, -0.2) is 4.39 Å². The average Bonchev–Trinajstić information content (AvgIpc) is 3.16. The largest absolute Gasteiger partial charge is 0.494 e. The van der Waals surface area contributed by atoms with Crippen LogP contribution in [-0.2, 0) is 14.4 Å². The molecule has 164 valence electrons. The van der Waals surface area contributed by atoms with Gasteiger partial charge in [0, 0.05) is 18.7 Å². The molecule has 2 atom stereocenters. The highest BCUT2D eigenvalue weighted by Crippen LogP contribution is 2.27. The van der Waals surface area contributed by atoms with Gasteiger partial charge in [-0.15, -0.1) is 0 Å². The lowest BCUT2D eigenvalue weighted by molar-refractivity contribution is -0.134. The summed E-state index contributed by atoms with van der Waals surface area (Å²) < 4.78 is 23.7. The number of nitrogens with zero attached hydrogens (tertiary/aromatic N) is 1. The normalized spacial score (nSPS) is 16.5. The van der Waals surface area contributed by atoms with Gasteiger partial charge in [-0.1, -0.05) is 0 Å². The number of anilines is 1. The molecule has 1 heterocycles. The van der Waals surface area contributed by atoms with E-state index in [-0.39, 0.29) is 18.9 Å². The van der Waals surface area contributed by atoms with Crippen LogP contribution in [0.5, 0.6) is 11.5 Å².